The number of nitrogens with zero attached hydrogens (tertiary/aromatic N) is 2. The van der Waals surface area contributed by atoms with Crippen molar-refractivity contribution in [2.45, 2.75) is 0 Å². The summed E-state index contributed by atoms with van der Waals surface area (Å²) >= 11 is 0. The summed E-state index contributed by atoms with van der Waals surface area (Å²) in [7, 11) is 2.13. The molecule has 92 valence electrons. The first-order chi connectivity index (χ1) is 9.36. The van der Waals surface area contributed by atoms with Crippen molar-refractivity contribution in [3.05, 3.63) is 48.5 Å². The number of hydrogen-bond donors (Lipinski definition) is 0. The van der Waals surface area contributed by atoms with Gasteiger partial charge in [-0.1, -0.05) is 48.5 Å². The Labute approximate surface area is 112 Å². The number of aliphatic imine (C=N–C) groups is 1. The molecule has 1 aliphatic heterocycles. The van der Waals surface area contributed by atoms with Gasteiger partial charge in [-0.15, -0.1) is 0 Å². The van der Waals surface area contributed by atoms with Gasteiger partial charge in [0.25, 0.3) is 0 Å². The van der Waals surface area contributed by atoms with Crippen LogP contribution in [0.4, 0.5) is 11.4 Å². The zero-order valence-electron chi connectivity index (χ0n) is 10.8. The molecule has 1 heterocycles. The third-order valence-corrected chi connectivity index (χ3v) is 3.84. The molecular formula is C17H14N2. The Morgan fingerprint density at radius 2 is 1.42 bits per heavy atom. The Morgan fingerprint density at radius 1 is 0.842 bits per heavy atom. The van der Waals surface area contributed by atoms with Crippen molar-refractivity contribution in [1.82, 2.24) is 0 Å². The molecule has 0 saturated heterocycles. The molecule has 0 N–H and O–H groups in total. The monoisotopic (exact) mass is 246 g/mol. The zero-order chi connectivity index (χ0) is 12.8. The van der Waals surface area contributed by atoms with Crippen molar-refractivity contribution in [2.24, 2.45) is 4.99 Å². The molecule has 3 aromatic rings. The lowest BCUT2D eigenvalue weighted by atomic mass is 9.97. The Hall–Kier alpha value is -2.35. The Balaban J connectivity index is 2.32. The molecule has 3 aromatic carbocycles. The molecule has 0 unspecified atom stereocenters. The number of rotatable bonds is 0. The zero-order valence-corrected chi connectivity index (χ0v) is 10.8. The highest BCUT2D eigenvalue weighted by Crippen LogP contribution is 2.44. The lowest BCUT2D eigenvalue weighted by molar-refractivity contribution is 1.06. The van der Waals surface area contributed by atoms with Crippen molar-refractivity contribution >= 4 is 39.1 Å². The average molecular weight is 246 g/mol. The number of fused-ring (bicyclic) bond motifs is 6. The molecule has 1 aliphatic rings. The smallest absolute Gasteiger partial charge is 0.0944 e. The van der Waals surface area contributed by atoms with E-state index in [1.165, 1.54) is 27.2 Å². The van der Waals surface area contributed by atoms with Crippen molar-refractivity contribution < 1.29 is 0 Å². The van der Waals surface area contributed by atoms with Crippen LogP contribution in [0.1, 0.15) is 0 Å². The number of anilines is 1. The predicted octanol–water partition coefficient (Wildman–Crippen LogP) is 4.15. The van der Waals surface area contributed by atoms with E-state index in [4.69, 9.17) is 0 Å². The largest absolute Gasteiger partial charge is 0.367 e. The Morgan fingerprint density at radius 3 is 2.16 bits per heavy atom. The fourth-order valence-electron chi connectivity index (χ4n) is 2.97. The van der Waals surface area contributed by atoms with Crippen LogP contribution in [0.2, 0.25) is 0 Å². The first kappa shape index (κ1) is 10.6. The molecule has 0 bridgehead atoms. The van der Waals surface area contributed by atoms with Crippen LogP contribution in [0.15, 0.2) is 53.5 Å². The lowest BCUT2D eigenvalue weighted by Gasteiger charge is -2.26. The van der Waals surface area contributed by atoms with Gasteiger partial charge in [0.1, 0.15) is 0 Å². The fraction of sp³-hybridized carbons (Fsp3) is 0.118. The quantitative estimate of drug-likeness (QED) is 0.544. The van der Waals surface area contributed by atoms with Gasteiger partial charge in [0, 0.05) is 24.0 Å². The highest BCUT2D eigenvalue weighted by molar-refractivity contribution is 6.20. The molecule has 19 heavy (non-hydrogen) atoms. The maximum Gasteiger partial charge on any atom is 0.0944 e. The lowest BCUT2D eigenvalue weighted by Crippen LogP contribution is -2.22. The second kappa shape index (κ2) is 3.82. The molecule has 0 aromatic heterocycles. The van der Waals surface area contributed by atoms with Crippen molar-refractivity contribution in [3.63, 3.8) is 0 Å². The second-order valence-electron chi connectivity index (χ2n) is 4.98. The first-order valence-electron chi connectivity index (χ1n) is 6.53. The molecule has 0 fully saturated rings. The summed E-state index contributed by atoms with van der Waals surface area (Å²) in [5.74, 6) is 0. The van der Waals surface area contributed by atoms with E-state index >= 15 is 0 Å². The standard InChI is InChI=1S/C17H14N2/c1-19-11-10-18-16-14-8-4-2-6-12(14)13-7-3-5-9-15(13)17(16)19/h2-10H,11H2,1H3. The molecule has 2 heteroatoms. The van der Waals surface area contributed by atoms with Crippen LogP contribution >= 0.6 is 0 Å². The van der Waals surface area contributed by atoms with Gasteiger partial charge in [0.2, 0.25) is 0 Å². The summed E-state index contributed by atoms with van der Waals surface area (Å²) in [6, 6.07) is 17.1. The highest BCUT2D eigenvalue weighted by Gasteiger charge is 2.18. The van der Waals surface area contributed by atoms with Gasteiger partial charge in [0.15, 0.2) is 0 Å². The summed E-state index contributed by atoms with van der Waals surface area (Å²) in [6.45, 7) is 0.870. The number of hydrogen-bond acceptors (Lipinski definition) is 2. The summed E-state index contributed by atoms with van der Waals surface area (Å²) < 4.78 is 0. The molecule has 0 saturated carbocycles. The third kappa shape index (κ3) is 1.40. The normalized spacial score (nSPS) is 14.1. The van der Waals surface area contributed by atoms with Crippen molar-refractivity contribution in [1.29, 1.82) is 0 Å². The van der Waals surface area contributed by atoms with Crippen molar-refractivity contribution in [2.75, 3.05) is 18.5 Å². The van der Waals surface area contributed by atoms with Gasteiger partial charge in [-0.05, 0) is 10.8 Å². The minimum Gasteiger partial charge on any atom is -0.367 e. The Bertz CT molecular complexity index is 818. The van der Waals surface area contributed by atoms with Crippen LogP contribution in [0.25, 0.3) is 21.5 Å². The summed E-state index contributed by atoms with van der Waals surface area (Å²) in [4.78, 5) is 6.93. The van der Waals surface area contributed by atoms with E-state index in [2.05, 4.69) is 65.5 Å². The highest BCUT2D eigenvalue weighted by atomic mass is 15.1. The fourth-order valence-corrected chi connectivity index (χ4v) is 2.97. The molecular weight excluding hydrogens is 232 g/mol. The average Bonchev–Trinajstić information content (AvgIpc) is 2.47. The van der Waals surface area contributed by atoms with Crippen LogP contribution in [-0.2, 0) is 0 Å². The summed E-state index contributed by atoms with van der Waals surface area (Å²) in [6.07, 6.45) is 1.99. The molecule has 0 spiro atoms. The van der Waals surface area contributed by atoms with Crippen LogP contribution in [0, 0.1) is 0 Å². The van der Waals surface area contributed by atoms with Gasteiger partial charge in [0.05, 0.1) is 17.9 Å². The van der Waals surface area contributed by atoms with E-state index in [0.29, 0.717) is 0 Å². The predicted molar refractivity (Wildman–Crippen MR) is 82.9 cm³/mol. The molecule has 0 aliphatic carbocycles. The molecule has 0 atom stereocenters. The van der Waals surface area contributed by atoms with Gasteiger partial charge in [-0.2, -0.15) is 0 Å². The second-order valence-corrected chi connectivity index (χ2v) is 4.98. The minimum atomic E-state index is 0.870. The minimum absolute atomic E-state index is 0.870. The molecule has 0 radical (unpaired) electrons. The number of benzene rings is 3. The maximum absolute atomic E-state index is 4.66. The van der Waals surface area contributed by atoms with E-state index < -0.39 is 0 Å². The van der Waals surface area contributed by atoms with Crippen LogP contribution in [-0.4, -0.2) is 19.8 Å². The van der Waals surface area contributed by atoms with Crippen LogP contribution in [0.5, 0.6) is 0 Å². The summed E-state index contributed by atoms with van der Waals surface area (Å²) in [5.41, 5.74) is 2.35. The van der Waals surface area contributed by atoms with Gasteiger partial charge in [-0.25, -0.2) is 0 Å². The molecule has 0 amide bonds. The van der Waals surface area contributed by atoms with Crippen molar-refractivity contribution in [3.8, 4) is 0 Å². The van der Waals surface area contributed by atoms with E-state index in [1.54, 1.807) is 0 Å². The van der Waals surface area contributed by atoms with Gasteiger partial charge < -0.3 is 4.90 Å². The van der Waals surface area contributed by atoms with E-state index in [0.717, 1.165) is 12.2 Å². The summed E-state index contributed by atoms with van der Waals surface area (Å²) in [5, 5.41) is 5.11. The first-order valence-corrected chi connectivity index (χ1v) is 6.53. The van der Waals surface area contributed by atoms with E-state index in [1.807, 2.05) is 6.21 Å². The van der Waals surface area contributed by atoms with E-state index in [-0.39, 0.29) is 0 Å². The molecule has 2 nitrogen and oxygen atoms in total. The van der Waals surface area contributed by atoms with Gasteiger partial charge >= 0.3 is 0 Å². The van der Waals surface area contributed by atoms with Crippen LogP contribution in [0.3, 0.4) is 0 Å². The van der Waals surface area contributed by atoms with Crippen LogP contribution < -0.4 is 4.90 Å². The Kier molecular flexibility index (Phi) is 2.12. The maximum atomic E-state index is 4.66. The topological polar surface area (TPSA) is 15.6 Å². The third-order valence-electron chi connectivity index (χ3n) is 3.84. The SMILES string of the molecule is CN1CC=Nc2c1c1ccccc1c1ccccc21. The molecule has 4 rings (SSSR count). The van der Waals surface area contributed by atoms with Gasteiger partial charge in [-0.3, -0.25) is 4.99 Å². The van der Waals surface area contributed by atoms with E-state index in [9.17, 15) is 0 Å².